The van der Waals surface area contributed by atoms with Gasteiger partial charge in [-0.2, -0.15) is 0 Å². The highest BCUT2D eigenvalue weighted by molar-refractivity contribution is 7.71. The lowest BCUT2D eigenvalue weighted by Crippen LogP contribution is -2.10. The van der Waals surface area contributed by atoms with E-state index in [1.165, 1.54) is 0 Å². The van der Waals surface area contributed by atoms with Crippen molar-refractivity contribution in [1.29, 1.82) is 0 Å². The average molecular weight is 252 g/mol. The Morgan fingerprint density at radius 2 is 2.18 bits per heavy atom. The standard InChI is InChI=1S/C12H16N2O2S/c1-8(7-15-2)14-11-5-4-9(16-3)6-10(11)13-12(14)17/h4-6,8H,7H2,1-3H3,(H,13,17). The van der Waals surface area contributed by atoms with Crippen LogP contribution in [0.25, 0.3) is 11.0 Å². The number of aromatic nitrogens is 2. The Bertz CT molecular complexity index is 573. The fourth-order valence-corrected chi connectivity index (χ4v) is 2.38. The van der Waals surface area contributed by atoms with Crippen molar-refractivity contribution < 1.29 is 9.47 Å². The molecule has 0 radical (unpaired) electrons. The Balaban J connectivity index is 2.56. The van der Waals surface area contributed by atoms with Crippen molar-refractivity contribution in [2.45, 2.75) is 13.0 Å². The summed E-state index contributed by atoms with van der Waals surface area (Å²) in [5.74, 6) is 0.820. The van der Waals surface area contributed by atoms with Gasteiger partial charge in [0.2, 0.25) is 0 Å². The van der Waals surface area contributed by atoms with E-state index in [1.54, 1.807) is 14.2 Å². The molecule has 0 spiro atoms. The lowest BCUT2D eigenvalue weighted by Gasteiger charge is -2.13. The summed E-state index contributed by atoms with van der Waals surface area (Å²) in [4.78, 5) is 3.18. The minimum atomic E-state index is 0.203. The van der Waals surface area contributed by atoms with Crippen molar-refractivity contribution in [3.63, 3.8) is 0 Å². The van der Waals surface area contributed by atoms with E-state index in [2.05, 4.69) is 16.5 Å². The van der Waals surface area contributed by atoms with Crippen molar-refractivity contribution in [3.05, 3.63) is 23.0 Å². The first-order valence-corrected chi connectivity index (χ1v) is 5.85. The van der Waals surface area contributed by atoms with Crippen LogP contribution in [0, 0.1) is 4.77 Å². The van der Waals surface area contributed by atoms with Crippen LogP contribution in [0.15, 0.2) is 18.2 Å². The zero-order chi connectivity index (χ0) is 12.4. The van der Waals surface area contributed by atoms with E-state index in [0.29, 0.717) is 11.4 Å². The van der Waals surface area contributed by atoms with Gasteiger partial charge in [0.05, 0.1) is 30.8 Å². The molecule has 0 amide bonds. The minimum Gasteiger partial charge on any atom is -0.497 e. The molecule has 0 aliphatic heterocycles. The summed E-state index contributed by atoms with van der Waals surface area (Å²) in [5, 5.41) is 0. The molecule has 5 heteroatoms. The summed E-state index contributed by atoms with van der Waals surface area (Å²) in [6.45, 7) is 2.71. The van der Waals surface area contributed by atoms with Crippen LogP contribution in [-0.2, 0) is 4.74 Å². The molecule has 4 nitrogen and oxygen atoms in total. The monoisotopic (exact) mass is 252 g/mol. The molecule has 1 N–H and O–H groups in total. The second-order valence-electron chi connectivity index (χ2n) is 3.99. The highest BCUT2D eigenvalue weighted by Gasteiger charge is 2.11. The molecule has 0 aliphatic rings. The Kier molecular flexibility index (Phi) is 3.49. The van der Waals surface area contributed by atoms with Crippen LogP contribution in [0.4, 0.5) is 0 Å². The van der Waals surface area contributed by atoms with E-state index < -0.39 is 0 Å². The molecule has 1 aromatic heterocycles. The van der Waals surface area contributed by atoms with Gasteiger partial charge in [-0.1, -0.05) is 0 Å². The van der Waals surface area contributed by atoms with Crippen LogP contribution in [0.1, 0.15) is 13.0 Å². The molecule has 2 rings (SSSR count). The van der Waals surface area contributed by atoms with Gasteiger partial charge < -0.3 is 19.0 Å². The number of benzene rings is 1. The molecule has 1 aromatic carbocycles. The number of imidazole rings is 1. The van der Waals surface area contributed by atoms with E-state index in [9.17, 15) is 0 Å². The number of hydrogen-bond donors (Lipinski definition) is 1. The lowest BCUT2D eigenvalue weighted by molar-refractivity contribution is 0.163. The van der Waals surface area contributed by atoms with E-state index in [1.807, 2.05) is 18.2 Å². The first-order valence-electron chi connectivity index (χ1n) is 5.44. The molecule has 92 valence electrons. The zero-order valence-electron chi connectivity index (χ0n) is 10.2. The second-order valence-corrected chi connectivity index (χ2v) is 4.37. The van der Waals surface area contributed by atoms with Crippen LogP contribution in [-0.4, -0.2) is 30.4 Å². The van der Waals surface area contributed by atoms with Gasteiger partial charge in [-0.3, -0.25) is 0 Å². The number of nitrogens with one attached hydrogen (secondary N) is 1. The maximum Gasteiger partial charge on any atom is 0.178 e. The van der Waals surface area contributed by atoms with Gasteiger partial charge in [0.25, 0.3) is 0 Å². The minimum absolute atomic E-state index is 0.203. The Hall–Kier alpha value is -1.33. The molecule has 0 bridgehead atoms. The van der Waals surface area contributed by atoms with Gasteiger partial charge in [0.15, 0.2) is 4.77 Å². The summed E-state index contributed by atoms with van der Waals surface area (Å²) in [5.41, 5.74) is 2.05. The number of H-pyrrole nitrogens is 1. The van der Waals surface area contributed by atoms with Crippen molar-refractivity contribution in [3.8, 4) is 5.75 Å². The predicted molar refractivity (Wildman–Crippen MR) is 70.3 cm³/mol. The molecule has 0 aliphatic carbocycles. The quantitative estimate of drug-likeness (QED) is 0.850. The Labute approximate surface area is 105 Å². The van der Waals surface area contributed by atoms with E-state index in [0.717, 1.165) is 16.8 Å². The van der Waals surface area contributed by atoms with Crippen molar-refractivity contribution in [2.75, 3.05) is 20.8 Å². The smallest absolute Gasteiger partial charge is 0.178 e. The third-order valence-corrected chi connectivity index (χ3v) is 3.07. The maximum absolute atomic E-state index is 5.33. The molecule has 0 fully saturated rings. The van der Waals surface area contributed by atoms with Crippen LogP contribution in [0.2, 0.25) is 0 Å². The van der Waals surface area contributed by atoms with Crippen molar-refractivity contribution in [1.82, 2.24) is 9.55 Å². The summed E-state index contributed by atoms with van der Waals surface area (Å²) in [6, 6.07) is 6.09. The summed E-state index contributed by atoms with van der Waals surface area (Å²) in [7, 11) is 3.35. The number of hydrogen-bond acceptors (Lipinski definition) is 3. The van der Waals surface area contributed by atoms with E-state index >= 15 is 0 Å². The number of nitrogens with zero attached hydrogens (tertiary/aromatic N) is 1. The Morgan fingerprint density at radius 3 is 2.82 bits per heavy atom. The third-order valence-electron chi connectivity index (χ3n) is 2.77. The summed E-state index contributed by atoms with van der Waals surface area (Å²) < 4.78 is 13.1. The molecule has 1 heterocycles. The maximum atomic E-state index is 5.33. The van der Waals surface area contributed by atoms with Gasteiger partial charge in [0, 0.05) is 13.2 Å². The number of methoxy groups -OCH3 is 2. The van der Waals surface area contributed by atoms with Crippen LogP contribution < -0.4 is 4.74 Å². The van der Waals surface area contributed by atoms with Gasteiger partial charge in [-0.15, -0.1) is 0 Å². The van der Waals surface area contributed by atoms with Crippen molar-refractivity contribution >= 4 is 23.3 Å². The second kappa shape index (κ2) is 4.89. The van der Waals surface area contributed by atoms with Gasteiger partial charge >= 0.3 is 0 Å². The molecule has 0 saturated heterocycles. The highest BCUT2D eigenvalue weighted by Crippen LogP contribution is 2.23. The molecule has 2 aromatic rings. The van der Waals surface area contributed by atoms with E-state index in [4.69, 9.17) is 21.7 Å². The molecular formula is C12H16N2O2S. The number of ether oxygens (including phenoxy) is 2. The summed E-state index contributed by atoms with van der Waals surface area (Å²) in [6.07, 6.45) is 0. The highest BCUT2D eigenvalue weighted by atomic mass is 32.1. The topological polar surface area (TPSA) is 39.2 Å². The predicted octanol–water partition coefficient (Wildman–Crippen LogP) is 2.91. The first-order chi connectivity index (χ1) is 8.17. The SMILES string of the molecule is COCC(C)n1c(=S)[nH]c2cc(OC)ccc21. The van der Waals surface area contributed by atoms with Crippen LogP contribution >= 0.6 is 12.2 Å². The number of fused-ring (bicyclic) bond motifs is 1. The third kappa shape index (κ3) is 2.21. The number of rotatable bonds is 4. The zero-order valence-corrected chi connectivity index (χ0v) is 11.0. The van der Waals surface area contributed by atoms with Gasteiger partial charge in [-0.25, -0.2) is 0 Å². The average Bonchev–Trinajstić information content (AvgIpc) is 2.64. The fraction of sp³-hybridized carbons (Fsp3) is 0.417. The lowest BCUT2D eigenvalue weighted by atomic mass is 10.2. The largest absolute Gasteiger partial charge is 0.497 e. The van der Waals surface area contributed by atoms with Crippen molar-refractivity contribution in [2.24, 2.45) is 0 Å². The van der Waals surface area contributed by atoms with Gasteiger partial charge in [-0.05, 0) is 31.3 Å². The van der Waals surface area contributed by atoms with Crippen LogP contribution in [0.3, 0.4) is 0 Å². The number of aromatic amines is 1. The molecule has 17 heavy (non-hydrogen) atoms. The molecular weight excluding hydrogens is 236 g/mol. The molecule has 0 saturated carbocycles. The summed E-state index contributed by atoms with van der Waals surface area (Å²) >= 11 is 5.33. The normalized spacial score (nSPS) is 12.9. The fourth-order valence-electron chi connectivity index (χ4n) is 1.99. The van der Waals surface area contributed by atoms with E-state index in [-0.39, 0.29) is 6.04 Å². The molecule has 1 atom stereocenters. The molecule has 1 unspecified atom stereocenters. The Morgan fingerprint density at radius 1 is 1.41 bits per heavy atom. The first kappa shape index (κ1) is 12.1. The van der Waals surface area contributed by atoms with Crippen LogP contribution in [0.5, 0.6) is 5.75 Å². The van der Waals surface area contributed by atoms with Gasteiger partial charge in [0.1, 0.15) is 5.75 Å².